The van der Waals surface area contributed by atoms with Crippen molar-refractivity contribution in [2.24, 2.45) is 0 Å². The second kappa shape index (κ2) is 9.55. The first-order valence-corrected chi connectivity index (χ1v) is 11.3. The van der Waals surface area contributed by atoms with Gasteiger partial charge in [0.25, 0.3) is 0 Å². The first kappa shape index (κ1) is 21.3. The zero-order valence-corrected chi connectivity index (χ0v) is 18.4. The van der Waals surface area contributed by atoms with E-state index in [0.717, 1.165) is 66.6 Å². The predicted molar refractivity (Wildman–Crippen MR) is 128 cm³/mol. The largest absolute Gasteiger partial charge is 0.508 e. The summed E-state index contributed by atoms with van der Waals surface area (Å²) < 4.78 is 25.1. The maximum absolute atomic E-state index is 13.1. The van der Waals surface area contributed by atoms with Crippen molar-refractivity contribution in [1.82, 2.24) is 4.90 Å². The Hall–Kier alpha value is -3.51. The van der Waals surface area contributed by atoms with Gasteiger partial charge < -0.3 is 19.5 Å². The minimum absolute atomic E-state index is 0.198. The number of rotatable bonds is 6. The predicted octanol–water partition coefficient (Wildman–Crippen LogP) is 4.67. The van der Waals surface area contributed by atoms with E-state index in [1.54, 1.807) is 12.1 Å². The van der Waals surface area contributed by atoms with Crippen LogP contribution in [0, 0.1) is 5.82 Å². The molecule has 1 fully saturated rings. The van der Waals surface area contributed by atoms with E-state index in [9.17, 15) is 9.50 Å². The summed E-state index contributed by atoms with van der Waals surface area (Å²) in [6.45, 7) is 5.73. The fraction of sp³-hybridized carbons (Fsp3) is 0.259. The molecule has 0 spiro atoms. The lowest BCUT2D eigenvalue weighted by Gasteiger charge is -2.36. The Balaban J connectivity index is 1.11. The van der Waals surface area contributed by atoms with Gasteiger partial charge >= 0.3 is 0 Å². The standard InChI is InChI=1S/C27H27FN2O3/c28-23-4-6-24(7-5-23)30-13-11-29(12-14-30)15-16-32-26-10-3-21-17-22(19-33-27(21)18-26)20-1-8-25(31)9-2-20/h1-10,17-18,31H,11-16,19H2. The van der Waals surface area contributed by atoms with Crippen LogP contribution in [-0.4, -0.2) is 55.9 Å². The molecule has 1 saturated heterocycles. The summed E-state index contributed by atoms with van der Waals surface area (Å²) in [7, 11) is 0. The highest BCUT2D eigenvalue weighted by molar-refractivity contribution is 5.85. The number of benzene rings is 3. The van der Waals surface area contributed by atoms with Gasteiger partial charge in [-0.2, -0.15) is 0 Å². The zero-order valence-electron chi connectivity index (χ0n) is 18.4. The average molecular weight is 447 g/mol. The van der Waals surface area contributed by atoms with Crippen molar-refractivity contribution in [3.8, 4) is 17.2 Å². The van der Waals surface area contributed by atoms with Gasteiger partial charge in [-0.1, -0.05) is 12.1 Å². The highest BCUT2D eigenvalue weighted by atomic mass is 19.1. The molecule has 33 heavy (non-hydrogen) atoms. The molecule has 0 atom stereocenters. The van der Waals surface area contributed by atoms with Gasteiger partial charge in [-0.05, 0) is 65.7 Å². The molecule has 3 aromatic carbocycles. The van der Waals surface area contributed by atoms with E-state index >= 15 is 0 Å². The first-order valence-electron chi connectivity index (χ1n) is 11.3. The van der Waals surface area contributed by atoms with Crippen LogP contribution in [0.4, 0.5) is 10.1 Å². The van der Waals surface area contributed by atoms with E-state index in [2.05, 4.69) is 15.9 Å². The zero-order chi connectivity index (χ0) is 22.6. The molecular weight excluding hydrogens is 419 g/mol. The van der Waals surface area contributed by atoms with Crippen LogP contribution < -0.4 is 14.4 Å². The first-order chi connectivity index (χ1) is 16.1. The monoisotopic (exact) mass is 446 g/mol. The molecule has 0 amide bonds. The molecule has 170 valence electrons. The number of nitrogens with zero attached hydrogens (tertiary/aromatic N) is 2. The summed E-state index contributed by atoms with van der Waals surface area (Å²) in [4.78, 5) is 4.68. The van der Waals surface area contributed by atoms with E-state index < -0.39 is 0 Å². The molecule has 5 rings (SSSR count). The number of anilines is 1. The molecule has 0 bridgehead atoms. The van der Waals surface area contributed by atoms with Crippen molar-refractivity contribution in [3.05, 3.63) is 83.7 Å². The summed E-state index contributed by atoms with van der Waals surface area (Å²) in [5, 5.41) is 9.48. The van der Waals surface area contributed by atoms with Crippen molar-refractivity contribution in [2.45, 2.75) is 0 Å². The van der Waals surface area contributed by atoms with Crippen LogP contribution in [0.1, 0.15) is 11.1 Å². The Kier molecular flexibility index (Phi) is 6.17. The van der Waals surface area contributed by atoms with Crippen molar-refractivity contribution < 1.29 is 19.0 Å². The molecule has 2 aliphatic heterocycles. The van der Waals surface area contributed by atoms with Gasteiger partial charge in [0.05, 0.1) is 0 Å². The fourth-order valence-electron chi connectivity index (χ4n) is 4.25. The van der Waals surface area contributed by atoms with E-state index in [1.807, 2.05) is 42.5 Å². The van der Waals surface area contributed by atoms with Crippen LogP contribution >= 0.6 is 0 Å². The highest BCUT2D eigenvalue weighted by Gasteiger charge is 2.18. The second-order valence-electron chi connectivity index (χ2n) is 8.36. The Bertz CT molecular complexity index is 1120. The molecule has 0 saturated carbocycles. The third-order valence-corrected chi connectivity index (χ3v) is 6.18. The Labute approximate surface area is 193 Å². The van der Waals surface area contributed by atoms with Gasteiger partial charge in [0, 0.05) is 50.0 Å². The van der Waals surface area contributed by atoms with Crippen molar-refractivity contribution in [2.75, 3.05) is 50.8 Å². The molecular formula is C27H27FN2O3. The van der Waals surface area contributed by atoms with Crippen LogP contribution in [-0.2, 0) is 0 Å². The molecule has 6 heteroatoms. The minimum Gasteiger partial charge on any atom is -0.508 e. The van der Waals surface area contributed by atoms with Gasteiger partial charge in [-0.15, -0.1) is 0 Å². The topological polar surface area (TPSA) is 45.2 Å². The number of hydrogen-bond donors (Lipinski definition) is 1. The van der Waals surface area contributed by atoms with Gasteiger partial charge in [0.2, 0.25) is 0 Å². The molecule has 3 aromatic rings. The number of ether oxygens (including phenoxy) is 2. The third kappa shape index (κ3) is 5.12. The van der Waals surface area contributed by atoms with Gasteiger partial charge in [0.15, 0.2) is 0 Å². The number of phenolic OH excluding ortho intramolecular Hbond substituents is 1. The van der Waals surface area contributed by atoms with Gasteiger partial charge in [-0.3, -0.25) is 4.90 Å². The number of hydrogen-bond acceptors (Lipinski definition) is 5. The SMILES string of the molecule is Oc1ccc(C2=Cc3ccc(OCCN4CCN(c5ccc(F)cc5)CC4)cc3OC2)cc1. The summed E-state index contributed by atoms with van der Waals surface area (Å²) in [6.07, 6.45) is 2.12. The smallest absolute Gasteiger partial charge is 0.130 e. The lowest BCUT2D eigenvalue weighted by Crippen LogP contribution is -2.47. The average Bonchev–Trinajstić information content (AvgIpc) is 2.85. The molecule has 2 aliphatic rings. The molecule has 0 aromatic heterocycles. The fourth-order valence-corrected chi connectivity index (χ4v) is 4.25. The molecule has 2 heterocycles. The quantitative estimate of drug-likeness (QED) is 0.597. The Morgan fingerprint density at radius 3 is 2.42 bits per heavy atom. The highest BCUT2D eigenvalue weighted by Crippen LogP contribution is 2.33. The lowest BCUT2D eigenvalue weighted by molar-refractivity contribution is 0.200. The van der Waals surface area contributed by atoms with Crippen LogP contribution in [0.2, 0.25) is 0 Å². The van der Waals surface area contributed by atoms with E-state index in [0.29, 0.717) is 13.2 Å². The number of piperazine rings is 1. The third-order valence-electron chi connectivity index (χ3n) is 6.18. The molecule has 5 nitrogen and oxygen atoms in total. The van der Waals surface area contributed by atoms with Crippen LogP contribution in [0.5, 0.6) is 17.2 Å². The summed E-state index contributed by atoms with van der Waals surface area (Å²) in [5.41, 5.74) is 4.21. The summed E-state index contributed by atoms with van der Waals surface area (Å²) >= 11 is 0. The summed E-state index contributed by atoms with van der Waals surface area (Å²) in [6, 6.07) is 19.8. The number of halogens is 1. The van der Waals surface area contributed by atoms with E-state index in [-0.39, 0.29) is 11.6 Å². The van der Waals surface area contributed by atoms with Crippen molar-refractivity contribution in [3.63, 3.8) is 0 Å². The van der Waals surface area contributed by atoms with E-state index in [4.69, 9.17) is 9.47 Å². The van der Waals surface area contributed by atoms with E-state index in [1.165, 1.54) is 12.1 Å². The van der Waals surface area contributed by atoms with Gasteiger partial charge in [0.1, 0.15) is 36.3 Å². The summed E-state index contributed by atoms with van der Waals surface area (Å²) in [5.74, 6) is 1.69. The minimum atomic E-state index is -0.198. The van der Waals surface area contributed by atoms with Gasteiger partial charge in [-0.25, -0.2) is 4.39 Å². The molecule has 1 N–H and O–H groups in total. The van der Waals surface area contributed by atoms with Crippen molar-refractivity contribution in [1.29, 1.82) is 0 Å². The van der Waals surface area contributed by atoms with Crippen LogP contribution in [0.3, 0.4) is 0 Å². The van der Waals surface area contributed by atoms with Crippen LogP contribution in [0.25, 0.3) is 11.6 Å². The second-order valence-corrected chi connectivity index (χ2v) is 8.36. The normalized spacial score (nSPS) is 16.0. The lowest BCUT2D eigenvalue weighted by atomic mass is 10.0. The maximum Gasteiger partial charge on any atom is 0.130 e. The van der Waals surface area contributed by atoms with Crippen molar-refractivity contribution >= 4 is 17.3 Å². The molecule has 0 unspecified atom stereocenters. The van der Waals surface area contributed by atoms with Crippen LogP contribution in [0.15, 0.2) is 66.7 Å². The number of fused-ring (bicyclic) bond motifs is 1. The number of aromatic hydroxyl groups is 1. The molecule has 0 aliphatic carbocycles. The number of phenols is 1. The Morgan fingerprint density at radius 2 is 1.67 bits per heavy atom. The Morgan fingerprint density at radius 1 is 0.909 bits per heavy atom. The molecule has 0 radical (unpaired) electrons. The maximum atomic E-state index is 13.1.